The first-order chi connectivity index (χ1) is 16.9. The van der Waals surface area contributed by atoms with Crippen LogP contribution in [0.5, 0.6) is 5.75 Å². The average molecular weight is 512 g/mol. The van der Waals surface area contributed by atoms with E-state index in [1.54, 1.807) is 36.3 Å². The van der Waals surface area contributed by atoms with Gasteiger partial charge in [-0.15, -0.1) is 0 Å². The van der Waals surface area contributed by atoms with E-state index < -0.39 is 11.9 Å². The Bertz CT molecular complexity index is 1220. The fourth-order valence-corrected chi connectivity index (χ4v) is 4.42. The third-order valence-electron chi connectivity index (χ3n) is 5.71. The predicted octanol–water partition coefficient (Wildman–Crippen LogP) is 5.06. The van der Waals surface area contributed by atoms with E-state index in [0.717, 1.165) is 5.56 Å². The number of halogens is 2. The minimum Gasteiger partial charge on any atom is -0.497 e. The van der Waals surface area contributed by atoms with Crippen LogP contribution in [0.15, 0.2) is 72.8 Å². The number of carbonyl (C=O) groups excluding carboxylic acids is 2. The molecule has 3 aromatic rings. The molecule has 1 atom stereocenters. The summed E-state index contributed by atoms with van der Waals surface area (Å²) in [5, 5.41) is 3.69. The highest BCUT2D eigenvalue weighted by Gasteiger charge is 2.43. The number of hydrogen-bond acceptors (Lipinski definition) is 4. The molecule has 1 fully saturated rings. The van der Waals surface area contributed by atoms with Gasteiger partial charge in [0.1, 0.15) is 17.6 Å². The molecule has 3 aromatic carbocycles. The van der Waals surface area contributed by atoms with Gasteiger partial charge in [-0.3, -0.25) is 14.5 Å². The van der Waals surface area contributed by atoms with Gasteiger partial charge in [-0.2, -0.15) is 0 Å². The average Bonchev–Trinajstić information content (AvgIpc) is 3.08. The highest BCUT2D eigenvalue weighted by atomic mass is 35.5. The van der Waals surface area contributed by atoms with E-state index in [1.165, 1.54) is 29.2 Å². The van der Waals surface area contributed by atoms with Crippen LogP contribution >= 0.6 is 23.8 Å². The van der Waals surface area contributed by atoms with Crippen molar-refractivity contribution in [2.24, 2.45) is 0 Å². The highest BCUT2D eigenvalue weighted by Crippen LogP contribution is 2.29. The summed E-state index contributed by atoms with van der Waals surface area (Å²) < 4.78 is 18.4. The van der Waals surface area contributed by atoms with E-state index in [1.807, 2.05) is 24.3 Å². The largest absolute Gasteiger partial charge is 0.497 e. The monoisotopic (exact) mass is 511 g/mol. The minimum atomic E-state index is -0.780. The predicted molar refractivity (Wildman–Crippen MR) is 138 cm³/mol. The highest BCUT2D eigenvalue weighted by molar-refractivity contribution is 7.80. The smallest absolute Gasteiger partial charge is 0.256 e. The number of anilines is 2. The number of rotatable bonds is 8. The van der Waals surface area contributed by atoms with Gasteiger partial charge in [-0.1, -0.05) is 23.7 Å². The van der Waals surface area contributed by atoms with Crippen LogP contribution in [0.2, 0.25) is 5.02 Å². The first kappa shape index (κ1) is 24.6. The third kappa shape index (κ3) is 5.78. The summed E-state index contributed by atoms with van der Waals surface area (Å²) in [4.78, 5) is 29.5. The Hall–Kier alpha value is -3.49. The maximum atomic E-state index is 13.5. The number of nitrogens with one attached hydrogen (secondary N) is 1. The fraction of sp³-hybridized carbons (Fsp3) is 0.192. The van der Waals surface area contributed by atoms with Crippen LogP contribution in [-0.4, -0.2) is 41.5 Å². The molecule has 1 unspecified atom stereocenters. The molecule has 0 bridgehead atoms. The number of methoxy groups -OCH3 is 1. The van der Waals surface area contributed by atoms with Crippen molar-refractivity contribution in [2.45, 2.75) is 18.9 Å². The Labute approximate surface area is 213 Å². The number of carbonyl (C=O) groups is 2. The van der Waals surface area contributed by atoms with Gasteiger partial charge in [-0.05, 0) is 84.9 Å². The second-order valence-electron chi connectivity index (χ2n) is 8.00. The van der Waals surface area contributed by atoms with Crippen LogP contribution in [0.25, 0.3) is 0 Å². The number of nitrogens with zero attached hydrogens (tertiary/aromatic N) is 2. The molecule has 0 aliphatic carbocycles. The molecule has 2 amide bonds. The fourth-order valence-electron chi connectivity index (χ4n) is 3.88. The Balaban J connectivity index is 1.55. The van der Waals surface area contributed by atoms with Crippen molar-refractivity contribution in [3.05, 3.63) is 89.2 Å². The molecule has 0 radical (unpaired) electrons. The first-order valence-electron chi connectivity index (χ1n) is 10.9. The van der Waals surface area contributed by atoms with Gasteiger partial charge in [0.25, 0.3) is 5.91 Å². The zero-order valence-corrected chi connectivity index (χ0v) is 20.5. The number of amides is 2. The Morgan fingerprint density at radius 1 is 1.06 bits per heavy atom. The zero-order chi connectivity index (χ0) is 24.9. The summed E-state index contributed by atoms with van der Waals surface area (Å²) in [6.45, 7) is 0.438. The van der Waals surface area contributed by atoms with Crippen molar-refractivity contribution in [3.63, 3.8) is 0 Å². The van der Waals surface area contributed by atoms with Crippen LogP contribution in [-0.2, 0) is 16.0 Å². The molecular weight excluding hydrogens is 489 g/mol. The second kappa shape index (κ2) is 10.8. The zero-order valence-electron chi connectivity index (χ0n) is 18.9. The molecule has 0 aromatic heterocycles. The van der Waals surface area contributed by atoms with Crippen molar-refractivity contribution in [1.82, 2.24) is 4.90 Å². The SMILES string of the molecule is COc1ccc(N2C(=O)C(CC(=O)Nc3ccc(F)cc3)N(CCc3ccc(Cl)cc3)C2=S)cc1. The summed E-state index contributed by atoms with van der Waals surface area (Å²) in [5.41, 5.74) is 2.07. The topological polar surface area (TPSA) is 61.9 Å². The minimum absolute atomic E-state index is 0.108. The van der Waals surface area contributed by atoms with Crippen LogP contribution in [0, 0.1) is 5.82 Å². The molecule has 180 valence electrons. The molecule has 1 N–H and O–H groups in total. The van der Waals surface area contributed by atoms with Gasteiger partial charge >= 0.3 is 0 Å². The van der Waals surface area contributed by atoms with Gasteiger partial charge in [0.05, 0.1) is 19.2 Å². The maximum Gasteiger partial charge on any atom is 0.256 e. The van der Waals surface area contributed by atoms with E-state index in [2.05, 4.69) is 5.32 Å². The molecule has 1 aliphatic heterocycles. The lowest BCUT2D eigenvalue weighted by atomic mass is 10.1. The summed E-state index contributed by atoms with van der Waals surface area (Å²) in [6.07, 6.45) is 0.501. The summed E-state index contributed by atoms with van der Waals surface area (Å²) in [7, 11) is 1.56. The molecule has 1 saturated heterocycles. The molecule has 35 heavy (non-hydrogen) atoms. The second-order valence-corrected chi connectivity index (χ2v) is 8.80. The summed E-state index contributed by atoms with van der Waals surface area (Å²) >= 11 is 11.7. The molecule has 9 heteroatoms. The number of thiocarbonyl (C=S) groups is 1. The van der Waals surface area contributed by atoms with Gasteiger partial charge < -0.3 is 15.0 Å². The first-order valence-corrected chi connectivity index (χ1v) is 11.7. The molecule has 1 aliphatic rings. The van der Waals surface area contributed by atoms with Crippen LogP contribution in [0.1, 0.15) is 12.0 Å². The van der Waals surface area contributed by atoms with Crippen molar-refractivity contribution in [3.8, 4) is 5.75 Å². The van der Waals surface area contributed by atoms with Crippen molar-refractivity contribution < 1.29 is 18.7 Å². The Morgan fingerprint density at radius 2 is 1.71 bits per heavy atom. The van der Waals surface area contributed by atoms with E-state index in [0.29, 0.717) is 40.2 Å². The molecule has 0 saturated carbocycles. The Morgan fingerprint density at radius 3 is 2.34 bits per heavy atom. The van der Waals surface area contributed by atoms with Crippen molar-refractivity contribution in [2.75, 3.05) is 23.9 Å². The molecular formula is C26H23ClFN3O3S. The lowest BCUT2D eigenvalue weighted by molar-refractivity contribution is -0.124. The maximum absolute atomic E-state index is 13.5. The third-order valence-corrected chi connectivity index (χ3v) is 6.38. The van der Waals surface area contributed by atoms with E-state index in [-0.39, 0.29) is 18.2 Å². The Kier molecular flexibility index (Phi) is 7.63. The van der Waals surface area contributed by atoms with Crippen molar-refractivity contribution in [1.29, 1.82) is 0 Å². The van der Waals surface area contributed by atoms with Crippen LogP contribution < -0.4 is 15.0 Å². The van der Waals surface area contributed by atoms with Gasteiger partial charge in [0, 0.05) is 17.3 Å². The standard InChI is InChI=1S/C26H23ClFN3O3S/c1-34-22-12-10-21(11-13-22)31-25(33)23(16-24(32)29-20-8-6-19(28)7-9-20)30(26(31)35)15-14-17-2-4-18(27)5-3-17/h2-13,23H,14-16H2,1H3,(H,29,32). The lowest BCUT2D eigenvalue weighted by Gasteiger charge is -2.24. The molecule has 0 spiro atoms. The molecule has 1 heterocycles. The van der Waals surface area contributed by atoms with E-state index in [4.69, 9.17) is 28.6 Å². The number of hydrogen-bond donors (Lipinski definition) is 1. The van der Waals surface area contributed by atoms with E-state index >= 15 is 0 Å². The van der Waals surface area contributed by atoms with Gasteiger partial charge in [-0.25, -0.2) is 4.39 Å². The summed E-state index contributed by atoms with van der Waals surface area (Å²) in [5.74, 6) is -0.402. The van der Waals surface area contributed by atoms with Crippen molar-refractivity contribution >= 4 is 52.1 Å². The van der Waals surface area contributed by atoms with Gasteiger partial charge in [0.15, 0.2) is 5.11 Å². The molecule has 4 rings (SSSR count). The molecule has 6 nitrogen and oxygen atoms in total. The quantitative estimate of drug-likeness (QED) is 0.428. The van der Waals surface area contributed by atoms with E-state index in [9.17, 15) is 14.0 Å². The van der Waals surface area contributed by atoms with Crippen LogP contribution in [0.3, 0.4) is 0 Å². The lowest BCUT2D eigenvalue weighted by Crippen LogP contribution is -2.39. The normalized spacial score (nSPS) is 15.5. The number of benzene rings is 3. The van der Waals surface area contributed by atoms with Crippen LogP contribution in [0.4, 0.5) is 15.8 Å². The summed E-state index contributed by atoms with van der Waals surface area (Å²) in [6, 6.07) is 19.1. The number of ether oxygens (including phenoxy) is 1. The van der Waals surface area contributed by atoms with Gasteiger partial charge in [0.2, 0.25) is 5.91 Å².